The van der Waals surface area contributed by atoms with E-state index in [1.54, 1.807) is 12.1 Å². The first kappa shape index (κ1) is 13.5. The Morgan fingerprint density at radius 3 is 2.65 bits per heavy atom. The summed E-state index contributed by atoms with van der Waals surface area (Å²) >= 11 is 0. The van der Waals surface area contributed by atoms with Crippen molar-refractivity contribution in [3.63, 3.8) is 0 Å². The van der Waals surface area contributed by atoms with E-state index in [-0.39, 0.29) is 17.6 Å². The highest BCUT2D eigenvalue weighted by Crippen LogP contribution is 2.42. The van der Waals surface area contributed by atoms with Gasteiger partial charge in [-0.2, -0.15) is 0 Å². The number of hydrogen-bond acceptors (Lipinski definition) is 2. The van der Waals surface area contributed by atoms with Crippen molar-refractivity contribution in [2.75, 3.05) is 7.05 Å². The molecule has 0 amide bonds. The Bertz CT molecular complexity index is 561. The van der Waals surface area contributed by atoms with Gasteiger partial charge in [0.25, 0.3) is 0 Å². The molecule has 2 bridgehead atoms. The Hall–Kier alpha value is -1.48. The lowest BCUT2D eigenvalue weighted by Crippen LogP contribution is -2.39. The second-order valence-corrected chi connectivity index (χ2v) is 5.79. The fourth-order valence-electron chi connectivity index (χ4n) is 3.62. The summed E-state index contributed by atoms with van der Waals surface area (Å²) in [5.41, 5.74) is 3.12. The number of Topliss-reactive ketones (excluding diaryl/α,β-unsaturated/α-hetero) is 1. The summed E-state index contributed by atoms with van der Waals surface area (Å²) in [6.45, 7) is 1.92. The summed E-state index contributed by atoms with van der Waals surface area (Å²) in [6.07, 6.45) is 3.65. The van der Waals surface area contributed by atoms with Crippen LogP contribution in [0, 0.1) is 5.82 Å². The molecule has 1 aromatic carbocycles. The van der Waals surface area contributed by atoms with E-state index >= 15 is 0 Å². The average molecular weight is 273 g/mol. The summed E-state index contributed by atoms with van der Waals surface area (Å²) in [5.74, 6) is 0.00939. The Morgan fingerprint density at radius 2 is 2.00 bits per heavy atom. The largest absolute Gasteiger partial charge is 0.296 e. The molecule has 2 aliphatic rings. The van der Waals surface area contributed by atoms with Gasteiger partial charge in [0.2, 0.25) is 0 Å². The van der Waals surface area contributed by atoms with Gasteiger partial charge in [-0.1, -0.05) is 19.1 Å². The van der Waals surface area contributed by atoms with Gasteiger partial charge in [-0.3, -0.25) is 9.69 Å². The lowest BCUT2D eigenvalue weighted by atomic mass is 9.86. The van der Waals surface area contributed by atoms with Crippen LogP contribution in [0.1, 0.15) is 38.2 Å². The van der Waals surface area contributed by atoms with Crippen LogP contribution in [0.15, 0.2) is 29.8 Å². The van der Waals surface area contributed by atoms with Gasteiger partial charge in [0.1, 0.15) is 5.82 Å². The number of ketones is 1. The number of benzene rings is 1. The molecule has 2 heterocycles. The molecule has 0 N–H and O–H groups in total. The van der Waals surface area contributed by atoms with Crippen molar-refractivity contribution < 1.29 is 9.18 Å². The fourth-order valence-corrected chi connectivity index (χ4v) is 3.62. The van der Waals surface area contributed by atoms with Crippen LogP contribution in [0.25, 0.3) is 5.57 Å². The molecule has 2 aliphatic heterocycles. The van der Waals surface area contributed by atoms with Crippen molar-refractivity contribution in [3.05, 3.63) is 41.2 Å². The van der Waals surface area contributed by atoms with Crippen molar-refractivity contribution in [3.8, 4) is 0 Å². The summed E-state index contributed by atoms with van der Waals surface area (Å²) in [4.78, 5) is 14.7. The lowest BCUT2D eigenvalue weighted by molar-refractivity contribution is -0.115. The van der Waals surface area contributed by atoms with E-state index in [1.807, 2.05) is 6.92 Å². The third kappa shape index (κ3) is 2.10. The van der Waals surface area contributed by atoms with Crippen molar-refractivity contribution in [1.82, 2.24) is 4.90 Å². The van der Waals surface area contributed by atoms with Gasteiger partial charge in [-0.25, -0.2) is 4.39 Å². The molecule has 1 unspecified atom stereocenters. The molecule has 106 valence electrons. The maximum absolute atomic E-state index is 13.1. The van der Waals surface area contributed by atoms with E-state index < -0.39 is 0 Å². The first-order valence-corrected chi connectivity index (χ1v) is 7.36. The summed E-state index contributed by atoms with van der Waals surface area (Å²) in [6, 6.07) is 7.35. The number of fused-ring (bicyclic) bond motifs is 2. The molecule has 3 heteroatoms. The predicted molar refractivity (Wildman–Crippen MR) is 77.8 cm³/mol. The third-order valence-electron chi connectivity index (χ3n) is 4.75. The normalized spacial score (nSPS) is 26.1. The molecule has 2 nitrogen and oxygen atoms in total. The maximum atomic E-state index is 13.1. The van der Waals surface area contributed by atoms with Crippen molar-refractivity contribution >= 4 is 11.4 Å². The minimum atomic E-state index is -0.228. The molecule has 0 spiro atoms. The van der Waals surface area contributed by atoms with Gasteiger partial charge in [0.05, 0.1) is 0 Å². The molecule has 0 aliphatic carbocycles. The van der Waals surface area contributed by atoms with E-state index in [0.717, 1.165) is 36.0 Å². The number of hydrogen-bond donors (Lipinski definition) is 0. The van der Waals surface area contributed by atoms with E-state index in [2.05, 4.69) is 11.9 Å². The lowest BCUT2D eigenvalue weighted by Gasteiger charge is -2.34. The predicted octanol–water partition coefficient (Wildman–Crippen LogP) is 3.42. The van der Waals surface area contributed by atoms with Crippen LogP contribution in [0.3, 0.4) is 0 Å². The number of carbonyl (C=O) groups is 1. The van der Waals surface area contributed by atoms with Crippen molar-refractivity contribution in [2.45, 2.75) is 44.7 Å². The molecule has 1 aromatic rings. The van der Waals surface area contributed by atoms with E-state index in [1.165, 1.54) is 12.1 Å². The van der Waals surface area contributed by atoms with Gasteiger partial charge >= 0.3 is 0 Å². The quantitative estimate of drug-likeness (QED) is 0.841. The monoisotopic (exact) mass is 273 g/mol. The van der Waals surface area contributed by atoms with Crippen LogP contribution >= 0.6 is 0 Å². The van der Waals surface area contributed by atoms with Gasteiger partial charge in [-0.05, 0) is 49.6 Å². The smallest absolute Gasteiger partial charge is 0.160 e. The third-order valence-corrected chi connectivity index (χ3v) is 4.75. The second-order valence-electron chi connectivity index (χ2n) is 5.79. The number of likely N-dealkylation sites (N-methyl/N-ethyl adjacent to an activating group) is 1. The first-order chi connectivity index (χ1) is 9.61. The van der Waals surface area contributed by atoms with Crippen molar-refractivity contribution in [1.29, 1.82) is 0 Å². The molecule has 0 saturated carbocycles. The Labute approximate surface area is 119 Å². The number of nitrogens with zero attached hydrogens (tertiary/aromatic N) is 1. The van der Waals surface area contributed by atoms with Gasteiger partial charge in [0.15, 0.2) is 5.78 Å². The van der Waals surface area contributed by atoms with Gasteiger partial charge < -0.3 is 0 Å². The van der Waals surface area contributed by atoms with Crippen molar-refractivity contribution in [2.24, 2.45) is 0 Å². The molecule has 0 aromatic heterocycles. The standard InChI is InChI=1S/C17H20FNO/c1-3-16(20)17-14(11-4-6-12(18)7-5-11)10-13-8-9-15(17)19(13)2/h4-7,13,15H,3,8-10H2,1-2H3/t13?,15-/m1/s1. The Kier molecular flexibility index (Phi) is 3.47. The summed E-state index contributed by atoms with van der Waals surface area (Å²) in [7, 11) is 2.12. The molecule has 20 heavy (non-hydrogen) atoms. The fraction of sp³-hybridized carbons (Fsp3) is 0.471. The minimum Gasteiger partial charge on any atom is -0.296 e. The zero-order valence-corrected chi connectivity index (χ0v) is 12.0. The number of carbonyl (C=O) groups excluding carboxylic acids is 1. The molecule has 1 fully saturated rings. The van der Waals surface area contributed by atoms with Crippen LogP contribution in [-0.2, 0) is 4.79 Å². The second kappa shape index (κ2) is 5.13. The highest BCUT2D eigenvalue weighted by atomic mass is 19.1. The first-order valence-electron chi connectivity index (χ1n) is 7.36. The SMILES string of the molecule is CCC(=O)C1=C(c2ccc(F)cc2)CC2CC[C@H]1N2C. The van der Waals surface area contributed by atoms with E-state index in [4.69, 9.17) is 0 Å². The van der Waals surface area contributed by atoms with Crippen LogP contribution < -0.4 is 0 Å². The molecular formula is C17H20FNO. The van der Waals surface area contributed by atoms with Gasteiger partial charge in [-0.15, -0.1) is 0 Å². The van der Waals surface area contributed by atoms with Crippen LogP contribution in [-0.4, -0.2) is 29.8 Å². The van der Waals surface area contributed by atoms with Crippen LogP contribution in [0.2, 0.25) is 0 Å². The Morgan fingerprint density at radius 1 is 1.30 bits per heavy atom. The van der Waals surface area contributed by atoms with Crippen LogP contribution in [0.5, 0.6) is 0 Å². The zero-order chi connectivity index (χ0) is 14.3. The van der Waals surface area contributed by atoms with E-state index in [0.29, 0.717) is 12.5 Å². The molecule has 2 atom stereocenters. The highest BCUT2D eigenvalue weighted by Gasteiger charge is 2.41. The molecular weight excluding hydrogens is 253 g/mol. The maximum Gasteiger partial charge on any atom is 0.160 e. The topological polar surface area (TPSA) is 20.3 Å². The summed E-state index contributed by atoms with van der Waals surface area (Å²) < 4.78 is 13.1. The number of halogens is 1. The molecule has 0 radical (unpaired) electrons. The minimum absolute atomic E-state index is 0.228. The van der Waals surface area contributed by atoms with Crippen LogP contribution in [0.4, 0.5) is 4.39 Å². The summed E-state index contributed by atoms with van der Waals surface area (Å²) in [5, 5.41) is 0. The molecule has 3 rings (SSSR count). The van der Waals surface area contributed by atoms with Gasteiger partial charge in [0, 0.05) is 24.1 Å². The number of rotatable bonds is 3. The zero-order valence-electron chi connectivity index (χ0n) is 12.0. The molecule has 1 saturated heterocycles. The highest BCUT2D eigenvalue weighted by molar-refractivity contribution is 6.04. The Balaban J connectivity index is 2.10. The average Bonchev–Trinajstić information content (AvgIpc) is 2.70. The van der Waals surface area contributed by atoms with E-state index in [9.17, 15) is 9.18 Å².